The highest BCUT2D eigenvalue weighted by Gasteiger charge is 2.36. The van der Waals surface area contributed by atoms with Gasteiger partial charge in [-0.2, -0.15) is 18.6 Å². The van der Waals surface area contributed by atoms with E-state index in [1.165, 1.54) is 30.3 Å². The number of nitrogens with zero attached hydrogens (tertiary/aromatic N) is 6. The largest absolute Gasteiger partial charge is 0.481 e. The summed E-state index contributed by atoms with van der Waals surface area (Å²) in [6, 6.07) is 13.3. The highest BCUT2D eigenvalue weighted by molar-refractivity contribution is 7.86. The van der Waals surface area contributed by atoms with Crippen molar-refractivity contribution < 1.29 is 61.2 Å². The van der Waals surface area contributed by atoms with E-state index in [0.29, 0.717) is 22.4 Å². The van der Waals surface area contributed by atoms with Crippen molar-refractivity contribution in [3.05, 3.63) is 90.5 Å². The molecule has 0 heterocycles. The van der Waals surface area contributed by atoms with Crippen LogP contribution >= 0.6 is 0 Å². The number of aliphatic carboxylic acids is 1. The molecule has 0 bridgehead atoms. The number of nitrogens with two attached hydrogens (primary N) is 7. The molecule has 0 aliphatic carbocycles. The number of hydrogen-bond donors (Lipinski definition) is 17. The van der Waals surface area contributed by atoms with E-state index in [9.17, 15) is 61.2 Å². The van der Waals surface area contributed by atoms with Crippen molar-refractivity contribution in [2.45, 2.75) is 119 Å². The summed E-state index contributed by atoms with van der Waals surface area (Å²) in [4.78, 5) is 137. The zero-order valence-electron chi connectivity index (χ0n) is 53.2. The van der Waals surface area contributed by atoms with Gasteiger partial charge in [-0.25, -0.2) is 0 Å². The number of anilines is 2. The molecule has 95 heavy (non-hydrogen) atoms. The molecule has 0 aromatic heterocycles. The zero-order valence-corrected chi connectivity index (χ0v) is 54.1. The van der Waals surface area contributed by atoms with Crippen LogP contribution in [0.1, 0.15) is 88.4 Å². The Morgan fingerprint density at radius 3 is 1.46 bits per heavy atom. The van der Waals surface area contributed by atoms with Gasteiger partial charge in [-0.1, -0.05) is 44.5 Å². The van der Waals surface area contributed by atoms with Gasteiger partial charge in [-0.05, 0) is 112 Å². The summed E-state index contributed by atoms with van der Waals surface area (Å²) in [6.45, 7) is 3.21. The van der Waals surface area contributed by atoms with Gasteiger partial charge in [-0.15, -0.1) is 0 Å². The summed E-state index contributed by atoms with van der Waals surface area (Å²) in [5.74, 6) is -10.3. The van der Waals surface area contributed by atoms with Crippen LogP contribution in [0.4, 0.5) is 22.7 Å². The molecule has 0 saturated carbocycles. The lowest BCUT2D eigenvalue weighted by Gasteiger charge is -2.29. The standard InChI is InChI=1S/C60H87N21O13S/c1-5-34(2)50(78-55(89)44(16-10-30-72-60(66)67)74-53(87)42(14-8-28-70-58(62)63)73-51(85)35-18-20-36(21-19-35)79-80-37-22-24-38(25-23-37)81(3)4)57(91)77-46(33-48(61)82)56(90)75-43(15-9-29-71-59(64)65)54(88)76-45(26-27-49(83)84)52(86)69-32-31-68-41-13-6-12-40-39(41)11-7-17-47(40)95(92,93)94/h6-7,11-13,17-25,34,42-46,50,68H,5,8-10,14-16,26-33H2,1-4H3,(H2,61,82)(H,69,86)(H,73,85)(H,74,87)(H,75,90)(H,76,88)(H,77,91)(H,78,89)(H,83,84)(H4,62,63,70)(H4,64,65,71)(H4,66,67,72)(H,92,93,94)/t34-,42-,43-,44-,45-,46-,50-/m0/s1. The van der Waals surface area contributed by atoms with Crippen LogP contribution in [0, 0.1) is 5.92 Å². The van der Waals surface area contributed by atoms with E-state index >= 15 is 0 Å². The second-order valence-electron chi connectivity index (χ2n) is 22.1. The van der Waals surface area contributed by atoms with Gasteiger partial charge >= 0.3 is 5.97 Å². The maximum absolute atomic E-state index is 14.5. The number of hydrogen-bond acceptors (Lipinski definition) is 18. The molecule has 34 nitrogen and oxygen atoms in total. The highest BCUT2D eigenvalue weighted by atomic mass is 32.2. The molecule has 0 fully saturated rings. The lowest BCUT2D eigenvalue weighted by Crippen LogP contribution is -2.61. The van der Waals surface area contributed by atoms with Crippen LogP contribution in [0.5, 0.6) is 0 Å². The third-order valence-electron chi connectivity index (χ3n) is 14.5. The molecule has 24 N–H and O–H groups in total. The second-order valence-corrected chi connectivity index (χ2v) is 23.5. The molecule has 7 atom stereocenters. The fraction of sp³-hybridized carbons (Fsp3) is 0.433. The van der Waals surface area contributed by atoms with Crippen molar-refractivity contribution in [1.29, 1.82) is 0 Å². The lowest BCUT2D eigenvalue weighted by molar-refractivity contribution is -0.138. The summed E-state index contributed by atoms with van der Waals surface area (Å²) in [5, 5.41) is 39.9. The van der Waals surface area contributed by atoms with Crippen molar-refractivity contribution in [3.8, 4) is 0 Å². The Morgan fingerprint density at radius 2 is 0.989 bits per heavy atom. The number of benzene rings is 4. The topological polar surface area (TPSA) is 572 Å². The minimum atomic E-state index is -4.57. The molecule has 8 amide bonds. The number of aliphatic imine (C=N–C) groups is 3. The van der Waals surface area contributed by atoms with Crippen LogP contribution in [0.3, 0.4) is 0 Å². The number of rotatable bonds is 40. The number of carboxylic acid groups (broad SMARTS) is 1. The number of carboxylic acids is 1. The molecule has 4 aromatic rings. The number of carbonyl (C=O) groups is 9. The molecule has 35 heteroatoms. The maximum atomic E-state index is 14.5. The lowest BCUT2D eigenvalue weighted by atomic mass is 9.96. The van der Waals surface area contributed by atoms with E-state index in [1.807, 2.05) is 31.1 Å². The van der Waals surface area contributed by atoms with Gasteiger partial charge in [-0.3, -0.25) is 62.7 Å². The van der Waals surface area contributed by atoms with Gasteiger partial charge < -0.3 is 92.7 Å². The van der Waals surface area contributed by atoms with Crippen molar-refractivity contribution in [2.75, 3.05) is 57.0 Å². The predicted molar refractivity (Wildman–Crippen MR) is 357 cm³/mol. The molecule has 0 aliphatic heterocycles. The Labute approximate surface area is 549 Å². The van der Waals surface area contributed by atoms with Gasteiger partial charge in [0.2, 0.25) is 41.4 Å². The van der Waals surface area contributed by atoms with Crippen LogP contribution in [0.15, 0.2) is 115 Å². The Morgan fingerprint density at radius 1 is 0.537 bits per heavy atom. The predicted octanol–water partition coefficient (Wildman–Crippen LogP) is -0.734. The Bertz CT molecular complexity index is 3540. The van der Waals surface area contributed by atoms with Crippen LogP contribution in [0.25, 0.3) is 10.8 Å². The first-order chi connectivity index (χ1) is 45.0. The van der Waals surface area contributed by atoms with E-state index < -0.39 is 125 Å². The van der Waals surface area contributed by atoms with E-state index in [0.717, 1.165) is 5.69 Å². The molecule has 4 aromatic carbocycles. The maximum Gasteiger partial charge on any atom is 0.303 e. The molecular weight excluding hydrogens is 1250 g/mol. The highest BCUT2D eigenvalue weighted by Crippen LogP contribution is 2.29. The number of primary amides is 1. The Balaban J connectivity index is 1.56. The molecule has 0 spiro atoms. The first kappa shape index (κ1) is 76.7. The molecule has 0 unspecified atom stereocenters. The summed E-state index contributed by atoms with van der Waals surface area (Å²) in [7, 11) is -0.756. The van der Waals surface area contributed by atoms with E-state index in [-0.39, 0.29) is 111 Å². The molecule has 0 saturated heterocycles. The summed E-state index contributed by atoms with van der Waals surface area (Å²) in [6.07, 6.45) is -1.73. The number of azo groups is 1. The van der Waals surface area contributed by atoms with E-state index in [1.54, 1.807) is 56.3 Å². The van der Waals surface area contributed by atoms with Crippen molar-refractivity contribution in [1.82, 2.24) is 37.2 Å². The summed E-state index contributed by atoms with van der Waals surface area (Å²) >= 11 is 0. The average molecular weight is 1340 g/mol. The van der Waals surface area contributed by atoms with Gasteiger partial charge in [0.25, 0.3) is 16.0 Å². The SMILES string of the molecule is CC[C@H](C)[C@H](NC(=O)[C@H](CCCN=C(N)N)NC(=O)[C@H](CCCN=C(N)N)NC(=O)c1ccc(N=Nc2ccc(N(C)C)cc2)cc1)C(=O)N[C@@H](CC(N)=O)C(=O)N[C@@H](CCCN=C(N)N)C(=O)N[C@@H](CCC(=O)O)C(=O)NCCNc1cccc2c(S(=O)(=O)O)cccc12. The minimum absolute atomic E-state index is 0.000499. The van der Waals surface area contributed by atoms with E-state index in [4.69, 9.17) is 40.1 Å². The van der Waals surface area contributed by atoms with Gasteiger partial charge in [0.05, 0.1) is 17.8 Å². The first-order valence-electron chi connectivity index (χ1n) is 30.3. The van der Waals surface area contributed by atoms with Crippen molar-refractivity contribution in [2.24, 2.45) is 71.3 Å². The fourth-order valence-corrected chi connectivity index (χ4v) is 10.0. The number of carbonyl (C=O) groups excluding carboxylic acids is 8. The number of nitrogens with one attached hydrogen (secondary N) is 8. The number of guanidine groups is 3. The number of fused-ring (bicyclic) bond motifs is 1. The van der Waals surface area contributed by atoms with Crippen LogP contribution in [0.2, 0.25) is 0 Å². The van der Waals surface area contributed by atoms with Crippen LogP contribution in [-0.2, 0) is 48.5 Å². The quantitative estimate of drug-likeness (QED) is 0.00858. The molecule has 0 aliphatic rings. The monoisotopic (exact) mass is 1340 g/mol. The summed E-state index contributed by atoms with van der Waals surface area (Å²) in [5.41, 5.74) is 41.4. The fourth-order valence-electron chi connectivity index (χ4n) is 9.32. The van der Waals surface area contributed by atoms with Crippen LogP contribution < -0.4 is 87.6 Å². The van der Waals surface area contributed by atoms with Gasteiger partial charge in [0, 0.05) is 81.0 Å². The normalized spacial score (nSPS) is 13.4. The molecule has 0 radical (unpaired) electrons. The third-order valence-corrected chi connectivity index (χ3v) is 15.4. The molecule has 516 valence electrons. The minimum Gasteiger partial charge on any atom is -0.481 e. The van der Waals surface area contributed by atoms with Crippen LogP contribution in [-0.4, -0.2) is 172 Å². The van der Waals surface area contributed by atoms with Crippen molar-refractivity contribution >= 4 is 115 Å². The molecular formula is C60H87N21O13S. The Kier molecular flexibility index (Phi) is 31.0. The zero-order chi connectivity index (χ0) is 70.4. The smallest absolute Gasteiger partial charge is 0.303 e. The molecule has 4 rings (SSSR count). The van der Waals surface area contributed by atoms with E-state index in [2.05, 4.69) is 67.7 Å². The first-order valence-corrected chi connectivity index (χ1v) is 31.7. The van der Waals surface area contributed by atoms with Crippen molar-refractivity contribution in [3.63, 3.8) is 0 Å². The average Bonchev–Trinajstić information content (AvgIpc) is 0.790. The van der Waals surface area contributed by atoms with Gasteiger partial charge in [0.1, 0.15) is 41.1 Å². The summed E-state index contributed by atoms with van der Waals surface area (Å²) < 4.78 is 33.8. The Hall–Kier alpha value is -10.7. The second kappa shape index (κ2) is 38.3. The van der Waals surface area contributed by atoms with Gasteiger partial charge in [0.15, 0.2) is 17.9 Å². The third kappa shape index (κ3) is 26.8. The number of amides is 8.